The molecule has 0 saturated carbocycles. The molecule has 1 rings (SSSR count). The van der Waals surface area contributed by atoms with Crippen molar-refractivity contribution in [2.75, 3.05) is 11.9 Å². The van der Waals surface area contributed by atoms with Gasteiger partial charge in [-0.05, 0) is 6.92 Å². The van der Waals surface area contributed by atoms with Crippen molar-refractivity contribution in [3.63, 3.8) is 0 Å². The van der Waals surface area contributed by atoms with Gasteiger partial charge in [-0.3, -0.25) is 0 Å². The van der Waals surface area contributed by atoms with Crippen molar-refractivity contribution in [1.82, 2.24) is 15.0 Å². The number of hydrogen-bond donors (Lipinski definition) is 1. The molecular formula is C5H10N4. The van der Waals surface area contributed by atoms with Crippen LogP contribution in [0.5, 0.6) is 0 Å². The first-order chi connectivity index (χ1) is 4.34. The predicted octanol–water partition coefficient (Wildman–Crippen LogP) is 0.247. The number of anilines is 1. The van der Waals surface area contributed by atoms with Crippen molar-refractivity contribution in [3.05, 3.63) is 6.20 Å². The molecule has 0 aromatic carbocycles. The summed E-state index contributed by atoms with van der Waals surface area (Å²) < 4.78 is 1.70. The van der Waals surface area contributed by atoms with E-state index in [1.54, 1.807) is 10.9 Å². The summed E-state index contributed by atoms with van der Waals surface area (Å²) in [5.74, 6) is 0.956. The van der Waals surface area contributed by atoms with Gasteiger partial charge in [0.05, 0.1) is 6.20 Å². The smallest absolute Gasteiger partial charge is 0.144 e. The quantitative estimate of drug-likeness (QED) is 0.617. The number of rotatable bonds is 2. The first kappa shape index (κ1) is 6.07. The first-order valence-corrected chi connectivity index (χ1v) is 2.93. The molecule has 0 amide bonds. The molecule has 0 aliphatic carbocycles. The third-order valence-corrected chi connectivity index (χ3v) is 1.07. The Labute approximate surface area is 53.9 Å². The number of aryl methyl sites for hydroxylation is 1. The Bertz CT molecular complexity index is 181. The van der Waals surface area contributed by atoms with E-state index in [-0.39, 0.29) is 0 Å². The molecule has 0 radical (unpaired) electrons. The summed E-state index contributed by atoms with van der Waals surface area (Å²) in [6.07, 6.45) is 1.70. The second kappa shape index (κ2) is 2.48. The van der Waals surface area contributed by atoms with Crippen molar-refractivity contribution in [3.8, 4) is 0 Å². The highest BCUT2D eigenvalue weighted by molar-refractivity contribution is 5.29. The van der Waals surface area contributed by atoms with Crippen LogP contribution in [0.25, 0.3) is 0 Å². The summed E-state index contributed by atoms with van der Waals surface area (Å²) >= 11 is 0. The summed E-state index contributed by atoms with van der Waals surface area (Å²) in [5, 5.41) is 10.5. The lowest BCUT2D eigenvalue weighted by Gasteiger charge is -1.98. The van der Waals surface area contributed by atoms with Crippen LogP contribution < -0.4 is 5.32 Å². The molecule has 0 aliphatic rings. The lowest BCUT2D eigenvalue weighted by molar-refractivity contribution is 0.718. The van der Waals surface area contributed by atoms with Crippen LogP contribution in [0, 0.1) is 0 Å². The Morgan fingerprint density at radius 2 is 2.56 bits per heavy atom. The molecule has 0 atom stereocenters. The molecule has 4 heteroatoms. The zero-order valence-electron chi connectivity index (χ0n) is 5.63. The fraction of sp³-hybridized carbons (Fsp3) is 0.600. The highest BCUT2D eigenvalue weighted by Crippen LogP contribution is 1.97. The van der Waals surface area contributed by atoms with Crippen LogP contribution in [0.1, 0.15) is 6.92 Å². The van der Waals surface area contributed by atoms with Crippen molar-refractivity contribution >= 4 is 5.82 Å². The molecule has 0 spiro atoms. The number of hydrogen-bond acceptors (Lipinski definition) is 3. The van der Waals surface area contributed by atoms with Gasteiger partial charge in [0.15, 0.2) is 0 Å². The highest BCUT2D eigenvalue weighted by Gasteiger charge is 1.93. The van der Waals surface area contributed by atoms with Crippen molar-refractivity contribution in [2.24, 2.45) is 7.05 Å². The maximum Gasteiger partial charge on any atom is 0.144 e. The minimum absolute atomic E-state index is 0.904. The third kappa shape index (κ3) is 1.19. The average molecular weight is 126 g/mol. The molecule has 4 nitrogen and oxygen atoms in total. The third-order valence-electron chi connectivity index (χ3n) is 1.07. The summed E-state index contributed by atoms with van der Waals surface area (Å²) in [5.41, 5.74) is 0. The van der Waals surface area contributed by atoms with Gasteiger partial charge < -0.3 is 5.32 Å². The van der Waals surface area contributed by atoms with E-state index in [9.17, 15) is 0 Å². The van der Waals surface area contributed by atoms with Gasteiger partial charge in [0.1, 0.15) is 5.82 Å². The Balaban J connectivity index is 2.69. The number of nitrogens with zero attached hydrogens (tertiary/aromatic N) is 3. The summed E-state index contributed by atoms with van der Waals surface area (Å²) in [6.45, 7) is 2.94. The second-order valence-electron chi connectivity index (χ2n) is 1.77. The van der Waals surface area contributed by atoms with E-state index in [0.717, 1.165) is 12.4 Å². The van der Waals surface area contributed by atoms with Crippen LogP contribution in [0.2, 0.25) is 0 Å². The molecule has 1 heterocycles. The SMILES string of the molecule is CCNc1cnnn1C. The molecule has 9 heavy (non-hydrogen) atoms. The average Bonchev–Trinajstić information content (AvgIpc) is 2.18. The van der Waals surface area contributed by atoms with E-state index < -0.39 is 0 Å². The van der Waals surface area contributed by atoms with E-state index in [1.807, 2.05) is 14.0 Å². The molecular weight excluding hydrogens is 116 g/mol. The number of nitrogens with one attached hydrogen (secondary N) is 1. The first-order valence-electron chi connectivity index (χ1n) is 2.93. The van der Waals surface area contributed by atoms with Gasteiger partial charge in [-0.2, -0.15) is 0 Å². The standard InChI is InChI=1S/C5H10N4/c1-3-6-5-4-7-8-9(5)2/h4,6H,3H2,1-2H3. The Morgan fingerprint density at radius 3 is 3.00 bits per heavy atom. The molecule has 50 valence electrons. The van der Waals surface area contributed by atoms with Gasteiger partial charge in [0, 0.05) is 13.6 Å². The monoisotopic (exact) mass is 126 g/mol. The van der Waals surface area contributed by atoms with E-state index in [1.165, 1.54) is 0 Å². The van der Waals surface area contributed by atoms with Gasteiger partial charge in [-0.25, -0.2) is 4.68 Å². The Morgan fingerprint density at radius 1 is 1.78 bits per heavy atom. The Hall–Kier alpha value is -1.06. The van der Waals surface area contributed by atoms with Crippen LogP contribution >= 0.6 is 0 Å². The molecule has 0 aliphatic heterocycles. The van der Waals surface area contributed by atoms with Crippen LogP contribution in [0.4, 0.5) is 5.82 Å². The molecule has 0 bridgehead atoms. The molecule has 0 fully saturated rings. The van der Waals surface area contributed by atoms with Crippen molar-refractivity contribution in [1.29, 1.82) is 0 Å². The van der Waals surface area contributed by atoms with Gasteiger partial charge in [-0.15, -0.1) is 5.10 Å². The van der Waals surface area contributed by atoms with Crippen molar-refractivity contribution in [2.45, 2.75) is 6.92 Å². The fourth-order valence-corrected chi connectivity index (χ4v) is 0.631. The van der Waals surface area contributed by atoms with Gasteiger partial charge in [0.2, 0.25) is 0 Å². The highest BCUT2D eigenvalue weighted by atomic mass is 15.4. The van der Waals surface area contributed by atoms with E-state index in [2.05, 4.69) is 15.6 Å². The van der Waals surface area contributed by atoms with Gasteiger partial charge in [-0.1, -0.05) is 5.21 Å². The molecule has 1 N–H and O–H groups in total. The lowest BCUT2D eigenvalue weighted by Crippen LogP contribution is -2.02. The maximum absolute atomic E-state index is 3.74. The minimum atomic E-state index is 0.904. The Kier molecular flexibility index (Phi) is 1.67. The van der Waals surface area contributed by atoms with E-state index in [0.29, 0.717) is 0 Å². The fourth-order valence-electron chi connectivity index (χ4n) is 0.631. The largest absolute Gasteiger partial charge is 0.369 e. The normalized spacial score (nSPS) is 9.56. The molecule has 1 aromatic heterocycles. The zero-order chi connectivity index (χ0) is 6.69. The van der Waals surface area contributed by atoms with Crippen LogP contribution in [-0.4, -0.2) is 21.5 Å². The molecule has 0 saturated heterocycles. The van der Waals surface area contributed by atoms with E-state index >= 15 is 0 Å². The molecule has 0 unspecified atom stereocenters. The van der Waals surface area contributed by atoms with Crippen LogP contribution in [0.3, 0.4) is 0 Å². The zero-order valence-corrected chi connectivity index (χ0v) is 5.63. The van der Waals surface area contributed by atoms with Crippen molar-refractivity contribution < 1.29 is 0 Å². The minimum Gasteiger partial charge on any atom is -0.369 e. The van der Waals surface area contributed by atoms with Crippen LogP contribution in [-0.2, 0) is 7.05 Å². The predicted molar refractivity (Wildman–Crippen MR) is 35.2 cm³/mol. The van der Waals surface area contributed by atoms with Crippen LogP contribution in [0.15, 0.2) is 6.20 Å². The topological polar surface area (TPSA) is 42.7 Å². The molecule has 1 aromatic rings. The van der Waals surface area contributed by atoms with Gasteiger partial charge >= 0.3 is 0 Å². The number of aromatic nitrogens is 3. The van der Waals surface area contributed by atoms with Gasteiger partial charge in [0.25, 0.3) is 0 Å². The second-order valence-corrected chi connectivity index (χ2v) is 1.77. The maximum atomic E-state index is 3.74. The lowest BCUT2D eigenvalue weighted by atomic mass is 10.6. The summed E-state index contributed by atoms with van der Waals surface area (Å²) in [4.78, 5) is 0. The summed E-state index contributed by atoms with van der Waals surface area (Å²) in [6, 6.07) is 0. The van der Waals surface area contributed by atoms with E-state index in [4.69, 9.17) is 0 Å². The summed E-state index contributed by atoms with van der Waals surface area (Å²) in [7, 11) is 1.85.